The van der Waals surface area contributed by atoms with Gasteiger partial charge in [-0.2, -0.15) is 5.26 Å². The maximum absolute atomic E-state index is 12.3. The molecule has 0 spiro atoms. The highest BCUT2D eigenvalue weighted by molar-refractivity contribution is 6.01. The van der Waals surface area contributed by atoms with Crippen molar-refractivity contribution in [1.82, 2.24) is 0 Å². The van der Waals surface area contributed by atoms with Gasteiger partial charge in [0.25, 0.3) is 5.91 Å². The van der Waals surface area contributed by atoms with Crippen LogP contribution in [0.15, 0.2) is 58.7 Å². The zero-order chi connectivity index (χ0) is 17.5. The Hall–Kier alpha value is -3.33. The summed E-state index contributed by atoms with van der Waals surface area (Å²) in [6.45, 7) is 1.46. The van der Waals surface area contributed by atoms with E-state index in [0.717, 1.165) is 0 Å². The maximum atomic E-state index is 12.3. The molecule has 1 heterocycles. The number of hydrogen-bond donors (Lipinski definition) is 0. The fourth-order valence-electron chi connectivity index (χ4n) is 1.98. The predicted octanol–water partition coefficient (Wildman–Crippen LogP) is 2.78. The van der Waals surface area contributed by atoms with Crippen LogP contribution in [0.1, 0.15) is 12.7 Å². The summed E-state index contributed by atoms with van der Waals surface area (Å²) in [5.74, 6) is -0.926. The molecule has 0 aliphatic heterocycles. The molecule has 2 aromatic rings. The van der Waals surface area contributed by atoms with Crippen molar-refractivity contribution >= 4 is 23.6 Å². The fraction of sp³-hybridized carbons (Fsp3) is 0.167. The largest absolute Gasteiger partial charge is 0.465 e. The molecule has 0 radical (unpaired) electrons. The summed E-state index contributed by atoms with van der Waals surface area (Å²) < 4.78 is 10.1. The van der Waals surface area contributed by atoms with Crippen LogP contribution in [0, 0.1) is 11.3 Å². The van der Waals surface area contributed by atoms with Gasteiger partial charge in [-0.1, -0.05) is 18.2 Å². The second kappa shape index (κ2) is 7.79. The first-order chi connectivity index (χ1) is 11.5. The van der Waals surface area contributed by atoms with Gasteiger partial charge in [0.1, 0.15) is 17.4 Å². The molecule has 0 aliphatic carbocycles. The Labute approximate surface area is 139 Å². The van der Waals surface area contributed by atoms with Gasteiger partial charge in [0.15, 0.2) is 6.10 Å². The van der Waals surface area contributed by atoms with E-state index in [1.165, 1.54) is 24.2 Å². The third-order valence-corrected chi connectivity index (χ3v) is 3.28. The molecule has 0 saturated carbocycles. The number of rotatable bonds is 5. The fourth-order valence-corrected chi connectivity index (χ4v) is 1.98. The van der Waals surface area contributed by atoms with Crippen molar-refractivity contribution in [2.24, 2.45) is 0 Å². The molecule has 1 aromatic carbocycles. The number of carbonyl (C=O) groups is 2. The van der Waals surface area contributed by atoms with Gasteiger partial charge < -0.3 is 14.1 Å². The van der Waals surface area contributed by atoms with Gasteiger partial charge in [-0.25, -0.2) is 4.79 Å². The maximum Gasteiger partial charge on any atom is 0.349 e. The lowest BCUT2D eigenvalue weighted by molar-refractivity contribution is -0.149. The number of esters is 1. The van der Waals surface area contributed by atoms with E-state index in [1.807, 2.05) is 6.07 Å². The lowest BCUT2D eigenvalue weighted by Crippen LogP contribution is -2.37. The normalized spacial score (nSPS) is 12.1. The molecule has 1 atom stereocenters. The molecular formula is C18H16N2O4. The second-order valence-corrected chi connectivity index (χ2v) is 4.97. The average Bonchev–Trinajstić information content (AvgIpc) is 3.12. The summed E-state index contributed by atoms with van der Waals surface area (Å²) in [5, 5.41) is 9.08. The van der Waals surface area contributed by atoms with Gasteiger partial charge in [0.2, 0.25) is 0 Å². The van der Waals surface area contributed by atoms with Crippen LogP contribution >= 0.6 is 0 Å². The van der Waals surface area contributed by atoms with Crippen LogP contribution < -0.4 is 4.90 Å². The number of nitrogens with zero attached hydrogens (tertiary/aromatic N) is 2. The first-order valence-electron chi connectivity index (χ1n) is 7.22. The number of furan rings is 1. The number of likely N-dealkylation sites (N-methyl/N-ethyl adjacent to an activating group) is 1. The molecule has 2 rings (SSSR count). The molecule has 0 fully saturated rings. The van der Waals surface area contributed by atoms with Crippen molar-refractivity contribution in [2.75, 3.05) is 11.9 Å². The second-order valence-electron chi connectivity index (χ2n) is 4.97. The van der Waals surface area contributed by atoms with Crippen molar-refractivity contribution in [2.45, 2.75) is 13.0 Å². The monoisotopic (exact) mass is 324 g/mol. The van der Waals surface area contributed by atoms with E-state index >= 15 is 0 Å². The van der Waals surface area contributed by atoms with Crippen molar-refractivity contribution in [3.05, 3.63) is 60.1 Å². The topological polar surface area (TPSA) is 83.5 Å². The highest BCUT2D eigenvalue weighted by atomic mass is 16.5. The molecule has 6 nitrogen and oxygen atoms in total. The number of carbonyl (C=O) groups excluding carboxylic acids is 2. The summed E-state index contributed by atoms with van der Waals surface area (Å²) in [4.78, 5) is 25.8. The number of amides is 1. The smallest absolute Gasteiger partial charge is 0.349 e. The van der Waals surface area contributed by atoms with Crippen molar-refractivity contribution in [3.8, 4) is 6.07 Å². The average molecular weight is 324 g/mol. The molecule has 0 bridgehead atoms. The Balaban J connectivity index is 2.05. The van der Waals surface area contributed by atoms with Crippen LogP contribution in [0.3, 0.4) is 0 Å². The van der Waals surface area contributed by atoms with Crippen LogP contribution in [-0.4, -0.2) is 25.0 Å². The minimum absolute atomic E-state index is 0.244. The lowest BCUT2D eigenvalue weighted by Gasteiger charge is -2.21. The van der Waals surface area contributed by atoms with E-state index in [9.17, 15) is 9.59 Å². The molecular weight excluding hydrogens is 308 g/mol. The minimum Gasteiger partial charge on any atom is -0.465 e. The Bertz CT molecular complexity index is 773. The predicted molar refractivity (Wildman–Crippen MR) is 87.7 cm³/mol. The summed E-state index contributed by atoms with van der Waals surface area (Å²) in [7, 11) is 1.59. The van der Waals surface area contributed by atoms with Crippen molar-refractivity contribution in [1.29, 1.82) is 5.26 Å². The molecule has 0 aliphatic rings. The van der Waals surface area contributed by atoms with Gasteiger partial charge in [-0.15, -0.1) is 0 Å². The first-order valence-corrected chi connectivity index (χ1v) is 7.22. The summed E-state index contributed by atoms with van der Waals surface area (Å²) >= 11 is 0. The molecule has 0 N–H and O–H groups in total. The Kier molecular flexibility index (Phi) is 5.53. The van der Waals surface area contributed by atoms with E-state index < -0.39 is 18.0 Å². The highest BCUT2D eigenvalue weighted by Gasteiger charge is 2.24. The van der Waals surface area contributed by atoms with E-state index in [4.69, 9.17) is 14.4 Å². The standard InChI is InChI=1S/C18H16N2O4/c1-13(17(21)20(2)15-7-4-3-5-8-15)24-18(22)14(12-19)11-16-9-6-10-23-16/h3-11,13H,1-2H3/b14-11+/t13-/m0/s1. The number of benzene rings is 1. The SMILES string of the molecule is C[C@H](OC(=O)/C(C#N)=C/c1ccco1)C(=O)N(C)c1ccccc1. The van der Waals surface area contributed by atoms with Crippen LogP contribution in [0.4, 0.5) is 5.69 Å². The Morgan fingerprint density at radius 3 is 2.54 bits per heavy atom. The van der Waals surface area contributed by atoms with Gasteiger partial charge in [-0.05, 0) is 31.2 Å². The van der Waals surface area contributed by atoms with Crippen LogP contribution in [-0.2, 0) is 14.3 Å². The third-order valence-electron chi connectivity index (χ3n) is 3.28. The van der Waals surface area contributed by atoms with Gasteiger partial charge in [-0.3, -0.25) is 4.79 Å². The molecule has 6 heteroatoms. The number of anilines is 1. The van der Waals surface area contributed by atoms with Gasteiger partial charge in [0.05, 0.1) is 6.26 Å². The van der Waals surface area contributed by atoms with Gasteiger partial charge in [0, 0.05) is 18.8 Å². The number of hydrogen-bond acceptors (Lipinski definition) is 5. The summed E-state index contributed by atoms with van der Waals surface area (Å²) in [6.07, 6.45) is 1.66. The van der Waals surface area contributed by atoms with E-state index in [-0.39, 0.29) is 5.57 Å². The Morgan fingerprint density at radius 1 is 1.25 bits per heavy atom. The zero-order valence-electron chi connectivity index (χ0n) is 13.3. The van der Waals surface area contributed by atoms with Gasteiger partial charge >= 0.3 is 5.97 Å². The van der Waals surface area contributed by atoms with E-state index in [2.05, 4.69) is 0 Å². The molecule has 122 valence electrons. The van der Waals surface area contributed by atoms with E-state index in [1.54, 1.807) is 49.5 Å². The highest BCUT2D eigenvalue weighted by Crippen LogP contribution is 2.14. The third kappa shape index (κ3) is 4.11. The number of ether oxygens (including phenoxy) is 1. The van der Waals surface area contributed by atoms with E-state index in [0.29, 0.717) is 11.4 Å². The molecule has 0 saturated heterocycles. The van der Waals surface area contributed by atoms with Crippen molar-refractivity contribution in [3.63, 3.8) is 0 Å². The minimum atomic E-state index is -1.03. The quantitative estimate of drug-likeness (QED) is 0.480. The summed E-state index contributed by atoms with van der Waals surface area (Å²) in [6, 6.07) is 14.0. The van der Waals surface area contributed by atoms with Crippen LogP contribution in [0.5, 0.6) is 0 Å². The first kappa shape index (κ1) is 17.0. The van der Waals surface area contributed by atoms with Crippen molar-refractivity contribution < 1.29 is 18.7 Å². The number of para-hydroxylation sites is 1. The lowest BCUT2D eigenvalue weighted by atomic mass is 10.2. The zero-order valence-corrected chi connectivity index (χ0v) is 13.3. The molecule has 1 aromatic heterocycles. The number of nitriles is 1. The summed E-state index contributed by atoms with van der Waals surface area (Å²) in [5.41, 5.74) is 0.434. The van der Waals surface area contributed by atoms with Crippen LogP contribution in [0.25, 0.3) is 6.08 Å². The Morgan fingerprint density at radius 2 is 1.96 bits per heavy atom. The van der Waals surface area contributed by atoms with Crippen LogP contribution in [0.2, 0.25) is 0 Å². The molecule has 24 heavy (non-hydrogen) atoms. The molecule has 1 amide bonds. The molecule has 0 unspecified atom stereocenters.